The Morgan fingerprint density at radius 1 is 0.765 bits per heavy atom. The van der Waals surface area contributed by atoms with E-state index in [9.17, 15) is 4.79 Å². The SMILES string of the molecule is CCCCCN(CCCCC)C(=O)CCC(C)C1CC[C@H]2C3[C@H](OCCCN)CC4CC(OCCCN)CC[C@]4(C)[C@H]3C[C@H](OCCCN)[C@]12C. The van der Waals surface area contributed by atoms with Crippen molar-refractivity contribution in [1.29, 1.82) is 0 Å². The van der Waals surface area contributed by atoms with Crippen molar-refractivity contribution in [2.24, 2.45) is 63.5 Å². The maximum atomic E-state index is 13.7. The van der Waals surface area contributed by atoms with E-state index in [1.807, 2.05) is 0 Å². The van der Waals surface area contributed by atoms with Crippen molar-refractivity contribution >= 4 is 5.91 Å². The predicted molar refractivity (Wildman–Crippen MR) is 210 cm³/mol. The number of unbranched alkanes of at least 4 members (excludes halogenated alkanes) is 4. The van der Waals surface area contributed by atoms with Gasteiger partial charge in [0.1, 0.15) is 0 Å². The first-order chi connectivity index (χ1) is 24.7. The summed E-state index contributed by atoms with van der Waals surface area (Å²) >= 11 is 0. The maximum Gasteiger partial charge on any atom is 0.222 e. The molecule has 298 valence electrons. The number of carbonyl (C=O) groups is 1. The van der Waals surface area contributed by atoms with Gasteiger partial charge in [0, 0.05) is 44.7 Å². The predicted octanol–water partition coefficient (Wildman–Crippen LogP) is 7.69. The molecule has 8 nitrogen and oxygen atoms in total. The zero-order valence-electron chi connectivity index (χ0n) is 33.9. The van der Waals surface area contributed by atoms with E-state index in [2.05, 4.69) is 39.5 Å². The van der Waals surface area contributed by atoms with Crippen molar-refractivity contribution in [1.82, 2.24) is 4.90 Å². The van der Waals surface area contributed by atoms with Crippen LogP contribution in [0.3, 0.4) is 0 Å². The van der Waals surface area contributed by atoms with Crippen LogP contribution in [0.25, 0.3) is 0 Å². The molecule has 0 saturated heterocycles. The van der Waals surface area contributed by atoms with Crippen LogP contribution in [-0.4, -0.2) is 81.7 Å². The Labute approximate surface area is 313 Å². The van der Waals surface area contributed by atoms with Crippen molar-refractivity contribution in [3.8, 4) is 0 Å². The van der Waals surface area contributed by atoms with Crippen molar-refractivity contribution in [2.45, 2.75) is 169 Å². The standard InChI is InChI=1S/C43H82N4O4/c1-6-8-10-24-47(25-11-9-7-2)40(48)18-15-32(3)35-16-17-36-41-37(31-39(43(35,36)5)51-28-14-23-46)42(4)20-19-34(49-26-12-21-44)29-33(42)30-38(41)50-27-13-22-45/h32-39,41H,6-31,44-46H2,1-5H3/t32?,33?,34?,35?,36-,37-,38+,39-,41?,42-,43+/m0/s1. The number of nitrogens with two attached hydrogens (primary N) is 3. The van der Waals surface area contributed by atoms with Crippen LogP contribution >= 0.6 is 0 Å². The van der Waals surface area contributed by atoms with E-state index in [4.69, 9.17) is 31.4 Å². The van der Waals surface area contributed by atoms with E-state index in [-0.39, 0.29) is 23.0 Å². The molecule has 4 fully saturated rings. The number of nitrogens with zero attached hydrogens (tertiary/aromatic N) is 1. The summed E-state index contributed by atoms with van der Waals surface area (Å²) < 4.78 is 20.4. The number of ether oxygens (including phenoxy) is 3. The molecular weight excluding hydrogens is 636 g/mol. The van der Waals surface area contributed by atoms with E-state index >= 15 is 0 Å². The highest BCUT2D eigenvalue weighted by molar-refractivity contribution is 5.76. The van der Waals surface area contributed by atoms with Gasteiger partial charge in [0.25, 0.3) is 0 Å². The van der Waals surface area contributed by atoms with Gasteiger partial charge in [0.05, 0.1) is 18.3 Å². The molecule has 0 aromatic heterocycles. The summed E-state index contributed by atoms with van der Waals surface area (Å²) in [6, 6.07) is 0. The van der Waals surface area contributed by atoms with E-state index in [0.717, 1.165) is 97.1 Å². The van der Waals surface area contributed by atoms with Crippen LogP contribution < -0.4 is 17.2 Å². The van der Waals surface area contributed by atoms with Gasteiger partial charge in [-0.25, -0.2) is 0 Å². The van der Waals surface area contributed by atoms with Gasteiger partial charge in [-0.3, -0.25) is 4.79 Å². The fourth-order valence-electron chi connectivity index (χ4n) is 11.8. The van der Waals surface area contributed by atoms with Crippen LogP contribution in [0.15, 0.2) is 0 Å². The minimum Gasteiger partial charge on any atom is -0.378 e. The first-order valence-corrected chi connectivity index (χ1v) is 21.9. The van der Waals surface area contributed by atoms with Gasteiger partial charge in [-0.1, -0.05) is 60.3 Å². The molecule has 4 rings (SSSR count). The molecule has 0 radical (unpaired) electrons. The number of rotatable bonds is 24. The van der Waals surface area contributed by atoms with E-state index in [1.165, 1.54) is 44.9 Å². The highest BCUT2D eigenvalue weighted by Gasteiger charge is 2.66. The first kappa shape index (κ1) is 43.0. The summed E-state index contributed by atoms with van der Waals surface area (Å²) in [7, 11) is 0. The first-order valence-electron chi connectivity index (χ1n) is 21.9. The lowest BCUT2D eigenvalue weighted by molar-refractivity contribution is -0.227. The second kappa shape index (κ2) is 21.4. The van der Waals surface area contributed by atoms with Crippen LogP contribution in [0.5, 0.6) is 0 Å². The second-order valence-corrected chi connectivity index (χ2v) is 17.8. The fourth-order valence-corrected chi connectivity index (χ4v) is 11.8. The zero-order valence-corrected chi connectivity index (χ0v) is 33.9. The van der Waals surface area contributed by atoms with Gasteiger partial charge >= 0.3 is 0 Å². The van der Waals surface area contributed by atoms with Crippen LogP contribution in [-0.2, 0) is 19.0 Å². The molecule has 0 heterocycles. The Hall–Kier alpha value is -0.770. The van der Waals surface area contributed by atoms with Crippen LogP contribution in [0.2, 0.25) is 0 Å². The molecule has 8 heteroatoms. The minimum atomic E-state index is 0.0569. The van der Waals surface area contributed by atoms with Gasteiger partial charge in [-0.2, -0.15) is 0 Å². The third-order valence-electron chi connectivity index (χ3n) is 14.7. The summed E-state index contributed by atoms with van der Waals surface area (Å²) in [6.45, 7) is 18.3. The number of fused-ring (bicyclic) bond motifs is 5. The molecule has 4 saturated carbocycles. The Morgan fingerprint density at radius 2 is 1.39 bits per heavy atom. The number of carbonyl (C=O) groups excluding carboxylic acids is 1. The summed E-state index contributed by atoms with van der Waals surface area (Å²) in [5.41, 5.74) is 18.1. The Kier molecular flexibility index (Phi) is 18.0. The minimum absolute atomic E-state index is 0.0569. The lowest BCUT2D eigenvalue weighted by atomic mass is 9.43. The third kappa shape index (κ3) is 10.5. The van der Waals surface area contributed by atoms with Gasteiger partial charge in [0.2, 0.25) is 5.91 Å². The van der Waals surface area contributed by atoms with E-state index in [1.54, 1.807) is 0 Å². The van der Waals surface area contributed by atoms with E-state index in [0.29, 0.717) is 73.6 Å². The quantitative estimate of drug-likeness (QED) is 0.0874. The summed E-state index contributed by atoms with van der Waals surface area (Å²) in [6.07, 6.45) is 20.4. The van der Waals surface area contributed by atoms with Gasteiger partial charge < -0.3 is 36.3 Å². The number of hydrogen-bond acceptors (Lipinski definition) is 7. The molecule has 1 amide bonds. The molecule has 11 atom stereocenters. The molecule has 0 aromatic rings. The smallest absolute Gasteiger partial charge is 0.222 e. The molecule has 0 aromatic carbocycles. The second-order valence-electron chi connectivity index (χ2n) is 17.8. The fraction of sp³-hybridized carbons (Fsp3) is 0.977. The molecule has 0 spiro atoms. The van der Waals surface area contributed by atoms with Crippen molar-refractivity contribution in [2.75, 3.05) is 52.5 Å². The summed E-state index contributed by atoms with van der Waals surface area (Å²) in [5, 5.41) is 0. The van der Waals surface area contributed by atoms with Crippen LogP contribution in [0.1, 0.15) is 150 Å². The third-order valence-corrected chi connectivity index (χ3v) is 14.7. The van der Waals surface area contributed by atoms with Crippen LogP contribution in [0, 0.1) is 46.3 Å². The lowest BCUT2D eigenvalue weighted by Gasteiger charge is -2.65. The summed E-state index contributed by atoms with van der Waals surface area (Å²) in [4.78, 5) is 15.9. The monoisotopic (exact) mass is 719 g/mol. The summed E-state index contributed by atoms with van der Waals surface area (Å²) in [5.74, 6) is 3.63. The van der Waals surface area contributed by atoms with Gasteiger partial charge in [-0.15, -0.1) is 0 Å². The molecular formula is C43H82N4O4. The van der Waals surface area contributed by atoms with Crippen molar-refractivity contribution in [3.05, 3.63) is 0 Å². The van der Waals surface area contributed by atoms with Crippen molar-refractivity contribution in [3.63, 3.8) is 0 Å². The average Bonchev–Trinajstić information content (AvgIpc) is 3.48. The van der Waals surface area contributed by atoms with Crippen LogP contribution in [0.4, 0.5) is 0 Å². The molecule has 51 heavy (non-hydrogen) atoms. The van der Waals surface area contributed by atoms with Gasteiger partial charge in [0.15, 0.2) is 0 Å². The normalized spacial score (nSPS) is 35.2. The van der Waals surface area contributed by atoms with Crippen molar-refractivity contribution < 1.29 is 19.0 Å². The Morgan fingerprint density at radius 3 is 2.02 bits per heavy atom. The highest BCUT2D eigenvalue weighted by Crippen LogP contribution is 2.69. The zero-order chi connectivity index (χ0) is 36.9. The van der Waals surface area contributed by atoms with Gasteiger partial charge in [-0.05, 0) is 144 Å². The number of amides is 1. The molecule has 0 bridgehead atoms. The largest absolute Gasteiger partial charge is 0.378 e. The Balaban J connectivity index is 1.56. The molecule has 4 aliphatic rings. The van der Waals surface area contributed by atoms with E-state index < -0.39 is 0 Å². The maximum absolute atomic E-state index is 13.7. The molecule has 6 N–H and O–H groups in total. The molecule has 5 unspecified atom stereocenters. The lowest BCUT2D eigenvalue weighted by Crippen LogP contribution is -2.63. The average molecular weight is 719 g/mol. The molecule has 4 aliphatic carbocycles. The Bertz CT molecular complexity index is 991. The molecule has 0 aliphatic heterocycles. The topological polar surface area (TPSA) is 126 Å². The number of hydrogen-bond donors (Lipinski definition) is 3. The highest BCUT2D eigenvalue weighted by atomic mass is 16.5.